The molecule has 0 saturated carbocycles. The summed E-state index contributed by atoms with van der Waals surface area (Å²) < 4.78 is 27.7. The molecule has 1 saturated heterocycles. The molecule has 1 heterocycles. The van der Waals surface area contributed by atoms with Crippen molar-refractivity contribution in [1.82, 2.24) is 9.62 Å². The van der Waals surface area contributed by atoms with Gasteiger partial charge in [0.05, 0.1) is 4.90 Å². The number of rotatable bonds is 3. The van der Waals surface area contributed by atoms with Crippen LogP contribution in [0.25, 0.3) is 0 Å². The summed E-state index contributed by atoms with van der Waals surface area (Å²) >= 11 is 3.21. The van der Waals surface area contributed by atoms with Gasteiger partial charge < -0.3 is 10.6 Å². The van der Waals surface area contributed by atoms with Crippen LogP contribution in [0, 0.1) is 0 Å². The summed E-state index contributed by atoms with van der Waals surface area (Å²) in [7, 11) is -1.97. The third-order valence-corrected chi connectivity index (χ3v) is 5.69. The van der Waals surface area contributed by atoms with Crippen LogP contribution in [-0.4, -0.2) is 38.9 Å². The molecule has 0 radical (unpaired) electrons. The Morgan fingerprint density at radius 2 is 2.15 bits per heavy atom. The Morgan fingerprint density at radius 1 is 1.45 bits per heavy atom. The monoisotopic (exact) mass is 361 g/mol. The fourth-order valence-corrected chi connectivity index (χ4v) is 4.48. The Hall–Kier alpha value is -1.12. The van der Waals surface area contributed by atoms with E-state index in [-0.39, 0.29) is 16.8 Å². The standard InChI is InChI=1S/C12H16BrN3O3S/c1-16-7-9(3-5-12(16)17)15-20(18,19)11-4-2-8(14)6-10(11)13/h2,4,6,9,15H,3,5,7,14H2,1H3. The molecule has 1 aliphatic rings. The number of sulfonamides is 1. The van der Waals surface area contributed by atoms with Gasteiger partial charge >= 0.3 is 0 Å². The number of halogens is 1. The van der Waals surface area contributed by atoms with Crippen molar-refractivity contribution in [3.8, 4) is 0 Å². The van der Waals surface area contributed by atoms with Crippen LogP contribution in [0.1, 0.15) is 12.8 Å². The van der Waals surface area contributed by atoms with Crippen LogP contribution in [0.4, 0.5) is 5.69 Å². The van der Waals surface area contributed by atoms with Gasteiger partial charge in [0.25, 0.3) is 0 Å². The summed E-state index contributed by atoms with van der Waals surface area (Å²) in [6, 6.07) is 4.27. The van der Waals surface area contributed by atoms with E-state index in [1.807, 2.05) is 0 Å². The van der Waals surface area contributed by atoms with Crippen LogP contribution in [-0.2, 0) is 14.8 Å². The van der Waals surface area contributed by atoms with Gasteiger partial charge in [-0.3, -0.25) is 4.79 Å². The van der Waals surface area contributed by atoms with E-state index in [4.69, 9.17) is 5.73 Å². The zero-order valence-electron chi connectivity index (χ0n) is 11.0. The summed E-state index contributed by atoms with van der Waals surface area (Å²) in [5.74, 6) is 0.0362. The van der Waals surface area contributed by atoms with Crippen LogP contribution in [0.2, 0.25) is 0 Å². The number of nitrogens with one attached hydrogen (secondary N) is 1. The average molecular weight is 362 g/mol. The lowest BCUT2D eigenvalue weighted by molar-refractivity contribution is -0.132. The van der Waals surface area contributed by atoms with Gasteiger partial charge in [-0.1, -0.05) is 0 Å². The van der Waals surface area contributed by atoms with Gasteiger partial charge in [-0.15, -0.1) is 0 Å². The molecular weight excluding hydrogens is 346 g/mol. The highest BCUT2D eigenvalue weighted by Crippen LogP contribution is 2.25. The number of carbonyl (C=O) groups is 1. The lowest BCUT2D eigenvalue weighted by atomic mass is 10.1. The van der Waals surface area contributed by atoms with Gasteiger partial charge in [0.1, 0.15) is 0 Å². The van der Waals surface area contributed by atoms with Crippen molar-refractivity contribution in [1.29, 1.82) is 0 Å². The molecule has 3 N–H and O–H groups in total. The number of likely N-dealkylation sites (tertiary alicyclic amines) is 1. The van der Waals surface area contributed by atoms with Crippen LogP contribution in [0.15, 0.2) is 27.6 Å². The van der Waals surface area contributed by atoms with E-state index in [0.717, 1.165) is 0 Å². The van der Waals surface area contributed by atoms with Gasteiger partial charge in [0, 0.05) is 36.2 Å². The minimum Gasteiger partial charge on any atom is -0.399 e. The normalized spacial score (nSPS) is 20.2. The number of nitrogens with two attached hydrogens (primary N) is 1. The number of likely N-dealkylation sites (N-methyl/N-ethyl adjacent to an activating group) is 1. The van der Waals surface area contributed by atoms with E-state index in [2.05, 4.69) is 20.7 Å². The lowest BCUT2D eigenvalue weighted by Gasteiger charge is -2.30. The van der Waals surface area contributed by atoms with Crippen LogP contribution in [0.5, 0.6) is 0 Å². The number of hydrogen-bond donors (Lipinski definition) is 2. The van der Waals surface area contributed by atoms with E-state index in [0.29, 0.717) is 29.5 Å². The first-order chi connectivity index (χ1) is 9.29. The number of piperidine rings is 1. The quantitative estimate of drug-likeness (QED) is 0.783. The van der Waals surface area contributed by atoms with Gasteiger partial charge in [0.2, 0.25) is 15.9 Å². The number of carbonyl (C=O) groups excluding carboxylic acids is 1. The first-order valence-corrected chi connectivity index (χ1v) is 8.38. The molecule has 0 aliphatic carbocycles. The summed E-state index contributed by atoms with van der Waals surface area (Å²) in [5, 5.41) is 0. The number of amides is 1. The second kappa shape index (κ2) is 5.71. The molecule has 1 amide bonds. The first-order valence-electron chi connectivity index (χ1n) is 6.11. The molecule has 1 aliphatic heterocycles. The minimum absolute atomic E-state index is 0.0362. The molecular formula is C12H16BrN3O3S. The van der Waals surface area contributed by atoms with Crippen molar-refractivity contribution >= 4 is 37.5 Å². The molecule has 1 atom stereocenters. The second-order valence-corrected chi connectivity index (χ2v) is 7.36. The maximum Gasteiger partial charge on any atom is 0.242 e. The number of benzene rings is 1. The highest BCUT2D eigenvalue weighted by atomic mass is 79.9. The number of nitrogen functional groups attached to an aromatic ring is 1. The van der Waals surface area contributed by atoms with Gasteiger partial charge in [-0.25, -0.2) is 13.1 Å². The Morgan fingerprint density at radius 3 is 2.75 bits per heavy atom. The van der Waals surface area contributed by atoms with E-state index in [1.165, 1.54) is 17.0 Å². The number of hydrogen-bond acceptors (Lipinski definition) is 4. The third-order valence-electron chi connectivity index (χ3n) is 3.19. The van der Waals surface area contributed by atoms with Gasteiger partial charge in [-0.2, -0.15) is 0 Å². The molecule has 0 spiro atoms. The summed E-state index contributed by atoms with van der Waals surface area (Å²) in [4.78, 5) is 13.1. The van der Waals surface area contributed by atoms with Crippen molar-refractivity contribution in [2.24, 2.45) is 0 Å². The summed E-state index contributed by atoms with van der Waals surface area (Å²) in [6.07, 6.45) is 0.863. The summed E-state index contributed by atoms with van der Waals surface area (Å²) in [6.45, 7) is 0.380. The molecule has 2 rings (SSSR count). The lowest BCUT2D eigenvalue weighted by Crippen LogP contribution is -2.48. The molecule has 1 fully saturated rings. The third kappa shape index (κ3) is 3.31. The second-order valence-electron chi connectivity index (χ2n) is 4.82. The summed E-state index contributed by atoms with van der Waals surface area (Å²) in [5.41, 5.74) is 6.08. The highest BCUT2D eigenvalue weighted by molar-refractivity contribution is 9.10. The van der Waals surface area contributed by atoms with Crippen molar-refractivity contribution in [3.05, 3.63) is 22.7 Å². The zero-order valence-corrected chi connectivity index (χ0v) is 13.4. The van der Waals surface area contributed by atoms with Crippen molar-refractivity contribution in [2.75, 3.05) is 19.3 Å². The average Bonchev–Trinajstić information content (AvgIpc) is 2.33. The topological polar surface area (TPSA) is 92.5 Å². The molecule has 20 heavy (non-hydrogen) atoms. The fourth-order valence-electron chi connectivity index (χ4n) is 2.13. The first kappa shape index (κ1) is 15.3. The number of nitrogens with zero attached hydrogens (tertiary/aromatic N) is 1. The van der Waals surface area contributed by atoms with Crippen molar-refractivity contribution in [3.63, 3.8) is 0 Å². The molecule has 1 unspecified atom stereocenters. The highest BCUT2D eigenvalue weighted by Gasteiger charge is 2.28. The predicted octanol–water partition coefficient (Wildman–Crippen LogP) is 0.930. The maximum absolute atomic E-state index is 12.3. The number of anilines is 1. The maximum atomic E-state index is 12.3. The van der Waals surface area contributed by atoms with E-state index < -0.39 is 10.0 Å². The molecule has 0 aromatic heterocycles. The SMILES string of the molecule is CN1CC(NS(=O)(=O)c2ccc(N)cc2Br)CCC1=O. The fraction of sp³-hybridized carbons (Fsp3) is 0.417. The van der Waals surface area contributed by atoms with Gasteiger partial charge in [-0.05, 0) is 40.5 Å². The molecule has 1 aromatic rings. The Balaban J connectivity index is 2.17. The van der Waals surface area contributed by atoms with Crippen LogP contribution >= 0.6 is 15.9 Å². The van der Waals surface area contributed by atoms with Crippen molar-refractivity contribution < 1.29 is 13.2 Å². The molecule has 0 bridgehead atoms. The van der Waals surface area contributed by atoms with Crippen molar-refractivity contribution in [2.45, 2.75) is 23.8 Å². The largest absolute Gasteiger partial charge is 0.399 e. The Bertz CT molecular complexity index is 633. The molecule has 8 heteroatoms. The minimum atomic E-state index is -3.64. The Kier molecular flexibility index (Phi) is 4.36. The van der Waals surface area contributed by atoms with E-state index in [1.54, 1.807) is 13.1 Å². The van der Waals surface area contributed by atoms with E-state index >= 15 is 0 Å². The Labute approximate surface area is 126 Å². The smallest absolute Gasteiger partial charge is 0.242 e. The zero-order chi connectivity index (χ0) is 14.9. The molecule has 1 aromatic carbocycles. The molecule has 110 valence electrons. The van der Waals surface area contributed by atoms with Crippen LogP contribution in [0.3, 0.4) is 0 Å². The van der Waals surface area contributed by atoms with E-state index in [9.17, 15) is 13.2 Å². The van der Waals surface area contributed by atoms with Gasteiger partial charge in [0.15, 0.2) is 0 Å². The molecule has 6 nitrogen and oxygen atoms in total. The van der Waals surface area contributed by atoms with Crippen LogP contribution < -0.4 is 10.5 Å². The predicted molar refractivity (Wildman–Crippen MR) is 79.5 cm³/mol.